The molecule has 8 nitrogen and oxygen atoms in total. The lowest BCUT2D eigenvalue weighted by Crippen LogP contribution is -2.28. The summed E-state index contributed by atoms with van der Waals surface area (Å²) in [5.41, 5.74) is 0.874. The minimum atomic E-state index is -0.142. The van der Waals surface area contributed by atoms with Crippen LogP contribution in [0.2, 0.25) is 0 Å². The topological polar surface area (TPSA) is 97.6 Å². The van der Waals surface area contributed by atoms with Gasteiger partial charge in [0.2, 0.25) is 5.91 Å². The van der Waals surface area contributed by atoms with E-state index in [1.54, 1.807) is 0 Å². The summed E-state index contributed by atoms with van der Waals surface area (Å²) in [4.78, 5) is 31.1. The third-order valence-electron chi connectivity index (χ3n) is 4.87. The van der Waals surface area contributed by atoms with Crippen LogP contribution in [0.4, 0.5) is 0 Å². The van der Waals surface area contributed by atoms with Gasteiger partial charge in [-0.05, 0) is 44.5 Å². The zero-order valence-electron chi connectivity index (χ0n) is 15.1. The zero-order valence-corrected chi connectivity index (χ0v) is 16.7. The number of carbonyl (C=O) groups is 1. The Balaban J connectivity index is 1.40. The van der Waals surface area contributed by atoms with Gasteiger partial charge in [0, 0.05) is 23.9 Å². The van der Waals surface area contributed by atoms with Crippen LogP contribution >= 0.6 is 23.6 Å². The van der Waals surface area contributed by atoms with Gasteiger partial charge in [-0.2, -0.15) is 5.10 Å². The molecule has 1 aliphatic carbocycles. The van der Waals surface area contributed by atoms with Gasteiger partial charge in [-0.1, -0.05) is 0 Å². The third-order valence-corrected chi connectivity index (χ3v) is 6.27. The molecule has 3 heterocycles. The van der Waals surface area contributed by atoms with Gasteiger partial charge in [-0.3, -0.25) is 23.8 Å². The Labute approximate surface area is 164 Å². The molecule has 3 aromatic heterocycles. The van der Waals surface area contributed by atoms with Crippen LogP contribution in [0, 0.1) is 18.6 Å². The van der Waals surface area contributed by atoms with E-state index in [1.807, 2.05) is 18.4 Å². The lowest BCUT2D eigenvalue weighted by molar-refractivity contribution is -0.121. The number of fused-ring (bicyclic) bond motifs is 1. The molecule has 0 unspecified atom stereocenters. The van der Waals surface area contributed by atoms with Crippen molar-refractivity contribution in [2.75, 3.05) is 0 Å². The van der Waals surface area contributed by atoms with E-state index in [1.165, 1.54) is 22.2 Å². The molecule has 27 heavy (non-hydrogen) atoms. The molecule has 1 aliphatic rings. The van der Waals surface area contributed by atoms with E-state index in [0.29, 0.717) is 22.7 Å². The molecule has 0 bridgehead atoms. The first kappa shape index (κ1) is 18.1. The van der Waals surface area contributed by atoms with E-state index in [2.05, 4.69) is 20.5 Å². The Morgan fingerprint density at radius 3 is 2.96 bits per heavy atom. The van der Waals surface area contributed by atoms with Gasteiger partial charge in [0.15, 0.2) is 10.6 Å². The maximum absolute atomic E-state index is 12.7. The van der Waals surface area contributed by atoms with Crippen molar-refractivity contribution in [1.29, 1.82) is 0 Å². The van der Waals surface area contributed by atoms with Crippen LogP contribution in [-0.2, 0) is 17.9 Å². The number of rotatable bonds is 6. The summed E-state index contributed by atoms with van der Waals surface area (Å²) in [5, 5.41) is 10.5. The highest BCUT2D eigenvalue weighted by atomic mass is 32.1. The van der Waals surface area contributed by atoms with Crippen LogP contribution < -0.4 is 10.9 Å². The molecule has 10 heteroatoms. The van der Waals surface area contributed by atoms with Gasteiger partial charge in [0.05, 0.1) is 18.3 Å². The summed E-state index contributed by atoms with van der Waals surface area (Å²) < 4.78 is 4.06. The standard InChI is InChI=1S/C17H20N6O2S2/c1-9-10(2)27-15-14(9)16(25)22(8-19-15)6-5-13(24)18-7-12-20-21-17(26)23(12)11-3-4-11/h8,11H,3-7H2,1-2H3,(H,18,24)(H,21,26). The predicted octanol–water partition coefficient (Wildman–Crippen LogP) is 2.37. The fourth-order valence-corrected chi connectivity index (χ4v) is 4.38. The minimum Gasteiger partial charge on any atom is -0.349 e. The van der Waals surface area contributed by atoms with Crippen molar-refractivity contribution in [2.45, 2.75) is 52.2 Å². The lowest BCUT2D eigenvalue weighted by Gasteiger charge is -2.08. The largest absolute Gasteiger partial charge is 0.349 e. The molecule has 0 spiro atoms. The molecular weight excluding hydrogens is 384 g/mol. The Hall–Kier alpha value is -2.33. The molecule has 0 aliphatic heterocycles. The zero-order chi connectivity index (χ0) is 19.1. The number of amides is 1. The van der Waals surface area contributed by atoms with Crippen LogP contribution in [0.25, 0.3) is 10.2 Å². The van der Waals surface area contributed by atoms with E-state index in [4.69, 9.17) is 12.2 Å². The van der Waals surface area contributed by atoms with Gasteiger partial charge < -0.3 is 5.32 Å². The average molecular weight is 405 g/mol. The average Bonchev–Trinajstić information content (AvgIpc) is 3.34. The van der Waals surface area contributed by atoms with Crippen LogP contribution in [-0.4, -0.2) is 30.2 Å². The maximum atomic E-state index is 12.7. The summed E-state index contributed by atoms with van der Waals surface area (Å²) in [6, 6.07) is 0.400. The van der Waals surface area contributed by atoms with Crippen LogP contribution in [0.3, 0.4) is 0 Å². The first-order valence-electron chi connectivity index (χ1n) is 8.83. The molecule has 1 amide bonds. The van der Waals surface area contributed by atoms with Crippen molar-refractivity contribution in [3.8, 4) is 0 Å². The maximum Gasteiger partial charge on any atom is 0.262 e. The molecule has 0 aromatic carbocycles. The second kappa shape index (κ2) is 7.01. The quantitative estimate of drug-likeness (QED) is 0.615. The number of hydrogen-bond donors (Lipinski definition) is 2. The monoisotopic (exact) mass is 404 g/mol. The van der Waals surface area contributed by atoms with Gasteiger partial charge >= 0.3 is 0 Å². The smallest absolute Gasteiger partial charge is 0.262 e. The van der Waals surface area contributed by atoms with E-state index < -0.39 is 0 Å². The van der Waals surface area contributed by atoms with Gasteiger partial charge in [0.25, 0.3) is 5.56 Å². The number of hydrogen-bond acceptors (Lipinski definition) is 6. The Morgan fingerprint density at radius 1 is 1.44 bits per heavy atom. The number of H-pyrrole nitrogens is 1. The van der Waals surface area contributed by atoms with Crippen LogP contribution in [0.15, 0.2) is 11.1 Å². The van der Waals surface area contributed by atoms with Crippen molar-refractivity contribution in [3.63, 3.8) is 0 Å². The molecule has 0 atom stereocenters. The normalized spacial score (nSPS) is 14.0. The number of nitrogens with zero attached hydrogens (tertiary/aromatic N) is 4. The summed E-state index contributed by atoms with van der Waals surface area (Å²) in [5.74, 6) is 0.594. The second-order valence-electron chi connectivity index (χ2n) is 6.78. The van der Waals surface area contributed by atoms with Crippen LogP contribution in [0.1, 0.15) is 41.6 Å². The number of aryl methyl sites for hydroxylation is 3. The van der Waals surface area contributed by atoms with Gasteiger partial charge in [-0.15, -0.1) is 11.3 Å². The molecule has 2 N–H and O–H groups in total. The molecule has 142 valence electrons. The summed E-state index contributed by atoms with van der Waals surface area (Å²) >= 11 is 6.76. The first-order valence-corrected chi connectivity index (χ1v) is 10.1. The lowest BCUT2D eigenvalue weighted by atomic mass is 10.2. The summed E-state index contributed by atoms with van der Waals surface area (Å²) in [6.45, 7) is 4.52. The van der Waals surface area contributed by atoms with E-state index in [0.717, 1.165) is 33.9 Å². The number of carbonyl (C=O) groups excluding carboxylic acids is 1. The molecule has 1 fully saturated rings. The highest BCUT2D eigenvalue weighted by Crippen LogP contribution is 2.35. The fourth-order valence-electron chi connectivity index (χ4n) is 3.09. The Kier molecular flexibility index (Phi) is 4.68. The number of nitrogens with one attached hydrogen (secondary N) is 2. The Morgan fingerprint density at radius 2 is 2.22 bits per heavy atom. The third kappa shape index (κ3) is 3.46. The molecule has 0 saturated heterocycles. The highest BCUT2D eigenvalue weighted by molar-refractivity contribution is 7.71. The number of aromatic nitrogens is 5. The predicted molar refractivity (Wildman–Crippen MR) is 106 cm³/mol. The highest BCUT2D eigenvalue weighted by Gasteiger charge is 2.27. The van der Waals surface area contributed by atoms with Crippen molar-refractivity contribution in [1.82, 2.24) is 29.6 Å². The van der Waals surface area contributed by atoms with Gasteiger partial charge in [0.1, 0.15) is 4.83 Å². The minimum absolute atomic E-state index is 0.0933. The van der Waals surface area contributed by atoms with Gasteiger partial charge in [-0.25, -0.2) is 4.98 Å². The number of aromatic amines is 1. The molecule has 3 aromatic rings. The van der Waals surface area contributed by atoms with E-state index in [9.17, 15) is 9.59 Å². The van der Waals surface area contributed by atoms with Crippen molar-refractivity contribution >= 4 is 39.7 Å². The van der Waals surface area contributed by atoms with Crippen LogP contribution in [0.5, 0.6) is 0 Å². The summed E-state index contributed by atoms with van der Waals surface area (Å²) in [6.07, 6.45) is 3.90. The van der Waals surface area contributed by atoms with E-state index in [-0.39, 0.29) is 24.4 Å². The molecule has 0 radical (unpaired) electrons. The van der Waals surface area contributed by atoms with Crippen molar-refractivity contribution < 1.29 is 4.79 Å². The molecule has 4 rings (SSSR count). The van der Waals surface area contributed by atoms with E-state index >= 15 is 0 Å². The molecular formula is C17H20N6O2S2. The Bertz CT molecular complexity index is 1130. The van der Waals surface area contributed by atoms with Crippen molar-refractivity contribution in [3.05, 3.63) is 37.7 Å². The SMILES string of the molecule is Cc1sc2ncn(CCC(=O)NCc3n[nH]c(=S)n3C3CC3)c(=O)c2c1C. The fraction of sp³-hybridized carbons (Fsp3) is 0.471. The summed E-state index contributed by atoms with van der Waals surface area (Å²) in [7, 11) is 0. The molecule has 1 saturated carbocycles. The number of thiophene rings is 1. The van der Waals surface area contributed by atoms with Crippen molar-refractivity contribution in [2.24, 2.45) is 0 Å². The second-order valence-corrected chi connectivity index (χ2v) is 8.37. The first-order chi connectivity index (χ1) is 13.0.